The molecule has 1 aliphatic rings. The van der Waals surface area contributed by atoms with Crippen LogP contribution in [0.25, 0.3) is 0 Å². The lowest BCUT2D eigenvalue weighted by atomic mass is 10.1. The van der Waals surface area contributed by atoms with Crippen molar-refractivity contribution in [3.63, 3.8) is 0 Å². The molecule has 0 spiro atoms. The number of unbranched alkanes of at least 4 members (excludes halogenated alkanes) is 1. The van der Waals surface area contributed by atoms with E-state index in [1.807, 2.05) is 18.2 Å². The molecule has 1 aliphatic heterocycles. The summed E-state index contributed by atoms with van der Waals surface area (Å²) in [6, 6.07) is 5.51. The Morgan fingerprint density at radius 3 is 3.10 bits per heavy atom. The fourth-order valence-corrected chi connectivity index (χ4v) is 2.01. The highest BCUT2D eigenvalue weighted by atomic mass is 16.5. The zero-order chi connectivity index (χ0) is 14.4. The Kier molecular flexibility index (Phi) is 5.64. The highest BCUT2D eigenvalue weighted by Gasteiger charge is 2.20. The highest BCUT2D eigenvalue weighted by molar-refractivity contribution is 5.44. The minimum Gasteiger partial charge on any atom is -0.491 e. The van der Waals surface area contributed by atoms with E-state index in [-0.39, 0.29) is 12.6 Å². The molecule has 20 heavy (non-hydrogen) atoms. The average Bonchev–Trinajstić information content (AvgIpc) is 2.82. The third-order valence-corrected chi connectivity index (χ3v) is 3.20. The lowest BCUT2D eigenvalue weighted by molar-refractivity contribution is 0.0113. The van der Waals surface area contributed by atoms with E-state index < -0.39 is 6.10 Å². The summed E-state index contributed by atoms with van der Waals surface area (Å²) in [6.45, 7) is 3.79. The van der Waals surface area contributed by atoms with Crippen LogP contribution in [0.3, 0.4) is 0 Å². The summed E-state index contributed by atoms with van der Waals surface area (Å²) in [5.41, 5.74) is 6.88. The van der Waals surface area contributed by atoms with Crippen molar-refractivity contribution in [1.29, 1.82) is 0 Å². The van der Waals surface area contributed by atoms with Crippen LogP contribution in [0.4, 0.5) is 0 Å². The number of hydrogen-bond acceptors (Lipinski definition) is 5. The van der Waals surface area contributed by atoms with Gasteiger partial charge in [0.05, 0.1) is 12.6 Å². The standard InChI is InChI=1S/C15H23NO4/c1-2-3-6-18-8-11(17)9-19-12-4-5-13-14(16)10-20-15(13)7-12/h4-5,7,11,14,17H,2-3,6,8-10,16H2,1H3. The zero-order valence-electron chi connectivity index (χ0n) is 11.9. The van der Waals surface area contributed by atoms with Gasteiger partial charge in [0.25, 0.3) is 0 Å². The molecule has 112 valence electrons. The largest absolute Gasteiger partial charge is 0.491 e. The van der Waals surface area contributed by atoms with Crippen LogP contribution in [-0.4, -0.2) is 37.6 Å². The van der Waals surface area contributed by atoms with Gasteiger partial charge in [0, 0.05) is 18.2 Å². The van der Waals surface area contributed by atoms with Crippen LogP contribution in [-0.2, 0) is 4.74 Å². The van der Waals surface area contributed by atoms with Crippen molar-refractivity contribution in [1.82, 2.24) is 0 Å². The lowest BCUT2D eigenvalue weighted by Gasteiger charge is -2.13. The van der Waals surface area contributed by atoms with Gasteiger partial charge in [-0.25, -0.2) is 0 Å². The Hall–Kier alpha value is -1.30. The first-order chi connectivity index (χ1) is 9.70. The monoisotopic (exact) mass is 281 g/mol. The van der Waals surface area contributed by atoms with Gasteiger partial charge in [0.15, 0.2) is 0 Å². The highest BCUT2D eigenvalue weighted by Crippen LogP contribution is 2.33. The molecule has 1 aromatic rings. The maximum Gasteiger partial charge on any atom is 0.127 e. The molecule has 5 nitrogen and oxygen atoms in total. The Labute approximate surface area is 119 Å². The van der Waals surface area contributed by atoms with E-state index in [1.54, 1.807) is 0 Å². The van der Waals surface area contributed by atoms with Gasteiger partial charge < -0.3 is 25.1 Å². The Bertz CT molecular complexity index is 424. The van der Waals surface area contributed by atoms with Crippen molar-refractivity contribution >= 4 is 0 Å². The molecule has 0 saturated heterocycles. The molecule has 3 N–H and O–H groups in total. The van der Waals surface area contributed by atoms with Gasteiger partial charge in [-0.1, -0.05) is 13.3 Å². The third-order valence-electron chi connectivity index (χ3n) is 3.20. The predicted octanol–water partition coefficient (Wildman–Crippen LogP) is 1.64. The van der Waals surface area contributed by atoms with Crippen molar-refractivity contribution in [3.05, 3.63) is 23.8 Å². The average molecular weight is 281 g/mol. The smallest absolute Gasteiger partial charge is 0.127 e. The summed E-state index contributed by atoms with van der Waals surface area (Å²) in [6.07, 6.45) is 1.48. The number of aliphatic hydroxyl groups excluding tert-OH is 1. The van der Waals surface area contributed by atoms with Crippen LogP contribution >= 0.6 is 0 Å². The molecule has 1 aromatic carbocycles. The van der Waals surface area contributed by atoms with E-state index in [1.165, 1.54) is 0 Å². The summed E-state index contributed by atoms with van der Waals surface area (Å²) in [4.78, 5) is 0. The van der Waals surface area contributed by atoms with E-state index in [0.29, 0.717) is 25.6 Å². The SMILES string of the molecule is CCCCOCC(O)COc1ccc2c(c1)OCC2N. The van der Waals surface area contributed by atoms with Crippen molar-refractivity contribution in [2.24, 2.45) is 5.73 Å². The lowest BCUT2D eigenvalue weighted by Crippen LogP contribution is -2.23. The van der Waals surface area contributed by atoms with Gasteiger partial charge >= 0.3 is 0 Å². The fraction of sp³-hybridized carbons (Fsp3) is 0.600. The van der Waals surface area contributed by atoms with Crippen LogP contribution in [0.15, 0.2) is 18.2 Å². The summed E-state index contributed by atoms with van der Waals surface area (Å²) in [5.74, 6) is 1.44. The summed E-state index contributed by atoms with van der Waals surface area (Å²) < 4.78 is 16.3. The van der Waals surface area contributed by atoms with E-state index in [9.17, 15) is 5.11 Å². The van der Waals surface area contributed by atoms with Crippen molar-refractivity contribution in [2.45, 2.75) is 31.9 Å². The third kappa shape index (κ3) is 4.10. The molecule has 0 bridgehead atoms. The number of hydrogen-bond donors (Lipinski definition) is 2. The van der Waals surface area contributed by atoms with Crippen molar-refractivity contribution < 1.29 is 19.3 Å². The number of benzene rings is 1. The molecule has 0 aromatic heterocycles. The topological polar surface area (TPSA) is 73.9 Å². The van der Waals surface area contributed by atoms with Crippen LogP contribution in [0.2, 0.25) is 0 Å². The second-order valence-electron chi connectivity index (χ2n) is 5.01. The van der Waals surface area contributed by atoms with E-state index in [4.69, 9.17) is 19.9 Å². The molecule has 2 rings (SSSR count). The van der Waals surface area contributed by atoms with Gasteiger partial charge in [-0.2, -0.15) is 0 Å². The van der Waals surface area contributed by atoms with Crippen LogP contribution in [0.5, 0.6) is 11.5 Å². The Balaban J connectivity index is 1.74. The number of rotatable bonds is 8. The molecule has 0 amide bonds. The van der Waals surface area contributed by atoms with E-state index in [0.717, 1.165) is 24.2 Å². The minimum absolute atomic E-state index is 0.0587. The quantitative estimate of drug-likeness (QED) is 0.709. The molecule has 0 saturated carbocycles. The number of ether oxygens (including phenoxy) is 3. The Morgan fingerprint density at radius 1 is 1.45 bits per heavy atom. The summed E-state index contributed by atoms with van der Waals surface area (Å²) in [7, 11) is 0. The van der Waals surface area contributed by atoms with Gasteiger partial charge in [-0.05, 0) is 18.6 Å². The normalized spacial score (nSPS) is 18.4. The van der Waals surface area contributed by atoms with Crippen LogP contribution < -0.4 is 15.2 Å². The molecule has 2 atom stereocenters. The summed E-state index contributed by atoms with van der Waals surface area (Å²) in [5, 5.41) is 9.74. The molecule has 1 heterocycles. The van der Waals surface area contributed by atoms with Crippen LogP contribution in [0, 0.1) is 0 Å². The van der Waals surface area contributed by atoms with Gasteiger partial charge in [-0.3, -0.25) is 0 Å². The number of fused-ring (bicyclic) bond motifs is 1. The van der Waals surface area contributed by atoms with Gasteiger partial charge in [-0.15, -0.1) is 0 Å². The fourth-order valence-electron chi connectivity index (χ4n) is 2.01. The molecule has 0 fully saturated rings. The van der Waals surface area contributed by atoms with Gasteiger partial charge in [0.2, 0.25) is 0 Å². The van der Waals surface area contributed by atoms with Gasteiger partial charge in [0.1, 0.15) is 30.8 Å². The predicted molar refractivity (Wildman–Crippen MR) is 76.1 cm³/mol. The maximum absolute atomic E-state index is 9.74. The molecule has 5 heteroatoms. The van der Waals surface area contributed by atoms with E-state index in [2.05, 4.69) is 6.92 Å². The van der Waals surface area contributed by atoms with Crippen LogP contribution in [0.1, 0.15) is 31.4 Å². The van der Waals surface area contributed by atoms with E-state index >= 15 is 0 Å². The minimum atomic E-state index is -0.622. The molecule has 0 aliphatic carbocycles. The van der Waals surface area contributed by atoms with Crippen molar-refractivity contribution in [3.8, 4) is 11.5 Å². The first-order valence-electron chi connectivity index (χ1n) is 7.11. The summed E-state index contributed by atoms with van der Waals surface area (Å²) >= 11 is 0. The second kappa shape index (κ2) is 7.47. The Morgan fingerprint density at radius 2 is 2.30 bits per heavy atom. The first-order valence-corrected chi connectivity index (χ1v) is 7.11. The second-order valence-corrected chi connectivity index (χ2v) is 5.01. The van der Waals surface area contributed by atoms with Crippen molar-refractivity contribution in [2.75, 3.05) is 26.4 Å². The maximum atomic E-state index is 9.74. The first kappa shape index (κ1) is 15.1. The molecular formula is C15H23NO4. The molecular weight excluding hydrogens is 258 g/mol. The molecule has 0 radical (unpaired) electrons. The number of aliphatic hydroxyl groups is 1. The number of nitrogens with two attached hydrogens (primary N) is 1. The zero-order valence-corrected chi connectivity index (χ0v) is 11.9. The molecule has 2 unspecified atom stereocenters.